The minimum Gasteiger partial charge on any atom is -0.463 e. The van der Waals surface area contributed by atoms with Gasteiger partial charge in [0.05, 0.1) is 6.61 Å². The highest BCUT2D eigenvalue weighted by Gasteiger charge is 2.58. The Morgan fingerprint density at radius 3 is 1.76 bits per heavy atom. The number of hydrogen-bond donors (Lipinski definition) is 0. The summed E-state index contributed by atoms with van der Waals surface area (Å²) < 4.78 is 7.73. The van der Waals surface area contributed by atoms with E-state index in [1.807, 2.05) is 96.5 Å². The summed E-state index contributed by atoms with van der Waals surface area (Å²) in [4.78, 5) is 18.9. The van der Waals surface area contributed by atoms with Crippen LogP contribution in [0.1, 0.15) is 18.3 Å². The Labute approximate surface area is 200 Å². The smallest absolute Gasteiger partial charge is 0.354 e. The van der Waals surface area contributed by atoms with Crippen LogP contribution in [0.3, 0.4) is 0 Å². The molecule has 0 amide bonds. The van der Waals surface area contributed by atoms with E-state index in [1.165, 1.54) is 0 Å². The number of nitrogens with zero attached hydrogens (tertiary/aromatic N) is 2. The van der Waals surface area contributed by atoms with E-state index in [2.05, 4.69) is 36.4 Å². The van der Waals surface area contributed by atoms with Gasteiger partial charge < -0.3 is 9.14 Å². The van der Waals surface area contributed by atoms with Crippen molar-refractivity contribution < 1.29 is 9.53 Å². The van der Waals surface area contributed by atoms with E-state index in [0.29, 0.717) is 6.61 Å². The van der Waals surface area contributed by atoms with Crippen LogP contribution in [0.2, 0.25) is 0 Å². The molecule has 34 heavy (non-hydrogen) atoms. The van der Waals surface area contributed by atoms with Gasteiger partial charge in [-0.3, -0.25) is 0 Å². The van der Waals surface area contributed by atoms with E-state index in [0.717, 1.165) is 27.3 Å². The number of aromatic nitrogens is 2. The molecule has 0 bridgehead atoms. The third kappa shape index (κ3) is 3.81. The third-order valence-electron chi connectivity index (χ3n) is 6.05. The number of imidazole rings is 1. The van der Waals surface area contributed by atoms with Gasteiger partial charge in [0, 0.05) is 12.4 Å². The SMILES string of the molecule is CCOC(=O)C(c1cn2ccccc2n1)[P+](c1ccccc1)(c1ccccc1)c1ccccc1. The predicted octanol–water partition coefficient (Wildman–Crippen LogP) is 4.93. The van der Waals surface area contributed by atoms with Crippen LogP contribution < -0.4 is 15.9 Å². The Kier molecular flexibility index (Phi) is 6.24. The monoisotopic (exact) mass is 465 g/mol. The first kappa shape index (κ1) is 22.1. The molecule has 1 atom stereocenters. The van der Waals surface area contributed by atoms with Crippen LogP contribution in [0.25, 0.3) is 5.65 Å². The van der Waals surface area contributed by atoms with Gasteiger partial charge in [0.1, 0.15) is 34.5 Å². The Balaban J connectivity index is 1.90. The van der Waals surface area contributed by atoms with Crippen LogP contribution in [-0.2, 0) is 9.53 Å². The van der Waals surface area contributed by atoms with Gasteiger partial charge in [0.15, 0.2) is 0 Å². The lowest BCUT2D eigenvalue weighted by Crippen LogP contribution is -2.38. The largest absolute Gasteiger partial charge is 0.463 e. The molecule has 0 saturated carbocycles. The van der Waals surface area contributed by atoms with E-state index in [-0.39, 0.29) is 5.97 Å². The van der Waals surface area contributed by atoms with Gasteiger partial charge in [-0.05, 0) is 55.5 Å². The number of carbonyl (C=O) groups excluding carboxylic acids is 1. The van der Waals surface area contributed by atoms with Gasteiger partial charge in [0.2, 0.25) is 5.66 Å². The lowest BCUT2D eigenvalue weighted by Gasteiger charge is -2.32. The molecular weight excluding hydrogens is 439 g/mol. The zero-order chi connectivity index (χ0) is 23.4. The number of fused-ring (bicyclic) bond motifs is 1. The molecule has 3 aromatic carbocycles. The first-order valence-electron chi connectivity index (χ1n) is 11.4. The Bertz CT molecular complexity index is 1260. The third-order valence-corrected chi connectivity index (χ3v) is 10.6. The molecule has 0 radical (unpaired) electrons. The molecular formula is C29H26N2O2P+. The maximum absolute atomic E-state index is 13.9. The summed E-state index contributed by atoms with van der Waals surface area (Å²) >= 11 is 0. The van der Waals surface area contributed by atoms with Gasteiger partial charge in [-0.25, -0.2) is 9.78 Å². The average Bonchev–Trinajstić information content (AvgIpc) is 3.32. The Morgan fingerprint density at radius 1 is 0.794 bits per heavy atom. The average molecular weight is 466 g/mol. The van der Waals surface area contributed by atoms with Crippen molar-refractivity contribution in [1.29, 1.82) is 0 Å². The number of esters is 1. The highest BCUT2D eigenvalue weighted by Crippen LogP contribution is 2.66. The molecule has 1 unspecified atom stereocenters. The fourth-order valence-electron chi connectivity index (χ4n) is 4.67. The Morgan fingerprint density at radius 2 is 1.29 bits per heavy atom. The molecule has 0 aliphatic rings. The first-order chi connectivity index (χ1) is 16.7. The van der Waals surface area contributed by atoms with Crippen molar-refractivity contribution >= 4 is 34.8 Å². The summed E-state index contributed by atoms with van der Waals surface area (Å²) in [6, 6.07) is 37.0. The summed E-state index contributed by atoms with van der Waals surface area (Å²) in [5.74, 6) is -0.254. The van der Waals surface area contributed by atoms with Crippen molar-refractivity contribution in [3.05, 3.63) is 127 Å². The van der Waals surface area contributed by atoms with Crippen LogP contribution in [0, 0.1) is 0 Å². The number of pyridine rings is 1. The molecule has 0 spiro atoms. The minimum atomic E-state index is -2.58. The zero-order valence-electron chi connectivity index (χ0n) is 19.0. The zero-order valence-corrected chi connectivity index (χ0v) is 19.9. The van der Waals surface area contributed by atoms with Crippen LogP contribution in [-0.4, -0.2) is 22.0 Å². The highest BCUT2D eigenvalue weighted by molar-refractivity contribution is 7.96. The van der Waals surface area contributed by atoms with Crippen molar-refractivity contribution in [3.8, 4) is 0 Å². The van der Waals surface area contributed by atoms with Crippen LogP contribution in [0.5, 0.6) is 0 Å². The summed E-state index contributed by atoms with van der Waals surface area (Å²) in [5, 5.41) is 3.34. The maximum atomic E-state index is 13.9. The van der Waals surface area contributed by atoms with E-state index in [9.17, 15) is 4.79 Å². The molecule has 0 fully saturated rings. The second-order valence-electron chi connectivity index (χ2n) is 8.02. The van der Waals surface area contributed by atoms with Crippen molar-refractivity contribution in [3.63, 3.8) is 0 Å². The van der Waals surface area contributed by atoms with E-state index in [4.69, 9.17) is 9.72 Å². The molecule has 0 aliphatic carbocycles. The summed E-state index contributed by atoms with van der Waals surface area (Å²) in [6.07, 6.45) is 3.93. The minimum absolute atomic E-state index is 0.254. The fraction of sp³-hybridized carbons (Fsp3) is 0.103. The van der Waals surface area contributed by atoms with Crippen molar-refractivity contribution in [2.24, 2.45) is 0 Å². The molecule has 4 nitrogen and oxygen atoms in total. The molecule has 0 aliphatic heterocycles. The fourth-order valence-corrected chi connectivity index (χ4v) is 9.30. The normalized spacial score (nSPS) is 12.4. The summed E-state index contributed by atoms with van der Waals surface area (Å²) in [6.45, 7) is 2.16. The second kappa shape index (κ2) is 9.62. The molecule has 2 heterocycles. The predicted molar refractivity (Wildman–Crippen MR) is 140 cm³/mol. The van der Waals surface area contributed by atoms with E-state index >= 15 is 0 Å². The van der Waals surface area contributed by atoms with Crippen LogP contribution in [0.4, 0.5) is 0 Å². The molecule has 0 N–H and O–H groups in total. The number of hydrogen-bond acceptors (Lipinski definition) is 3. The van der Waals surface area contributed by atoms with E-state index < -0.39 is 12.9 Å². The second-order valence-corrected chi connectivity index (χ2v) is 11.5. The standard InChI is InChI=1S/C29H26N2O2P/c1-2-33-29(32)28(26-22-31-21-13-12-20-27(31)30-26)34(23-14-6-3-7-15-23,24-16-8-4-9-17-24)25-18-10-5-11-19-25/h3-22,28H,2H2,1H3/q+1. The van der Waals surface area contributed by atoms with Crippen molar-refractivity contribution in [2.45, 2.75) is 12.6 Å². The lowest BCUT2D eigenvalue weighted by molar-refractivity contribution is -0.142. The molecule has 5 rings (SSSR count). The van der Waals surface area contributed by atoms with Gasteiger partial charge in [0.25, 0.3) is 0 Å². The number of rotatable bonds is 7. The topological polar surface area (TPSA) is 43.6 Å². The van der Waals surface area contributed by atoms with Gasteiger partial charge >= 0.3 is 5.97 Å². The quantitative estimate of drug-likeness (QED) is 0.253. The number of carbonyl (C=O) groups is 1. The van der Waals surface area contributed by atoms with E-state index in [1.54, 1.807) is 0 Å². The molecule has 0 saturated heterocycles. The molecule has 168 valence electrons. The Hall–Kier alpha value is -3.75. The number of ether oxygens (including phenoxy) is 1. The van der Waals surface area contributed by atoms with Crippen LogP contribution >= 0.6 is 7.26 Å². The lowest BCUT2D eigenvalue weighted by atomic mass is 10.3. The van der Waals surface area contributed by atoms with Crippen LogP contribution in [0.15, 0.2) is 122 Å². The van der Waals surface area contributed by atoms with Crippen molar-refractivity contribution in [1.82, 2.24) is 9.38 Å². The molecule has 2 aromatic heterocycles. The molecule has 5 heteroatoms. The summed E-state index contributed by atoms with van der Waals surface area (Å²) in [5.41, 5.74) is 0.924. The van der Waals surface area contributed by atoms with Gasteiger partial charge in [-0.2, -0.15) is 0 Å². The summed E-state index contributed by atoms with van der Waals surface area (Å²) in [7, 11) is -2.58. The van der Waals surface area contributed by atoms with Gasteiger partial charge in [-0.15, -0.1) is 0 Å². The number of benzene rings is 3. The van der Waals surface area contributed by atoms with Crippen molar-refractivity contribution in [2.75, 3.05) is 6.61 Å². The first-order valence-corrected chi connectivity index (χ1v) is 13.3. The molecule has 5 aromatic rings. The maximum Gasteiger partial charge on any atom is 0.354 e. The highest BCUT2D eigenvalue weighted by atomic mass is 31.2. The van der Waals surface area contributed by atoms with Gasteiger partial charge in [-0.1, -0.05) is 60.7 Å².